The third-order valence-electron chi connectivity index (χ3n) is 7.27. The molecule has 1 aliphatic carbocycles. The number of hydrogen-bond acceptors (Lipinski definition) is 5. The predicted octanol–water partition coefficient (Wildman–Crippen LogP) is 1.13. The summed E-state index contributed by atoms with van der Waals surface area (Å²) in [6.07, 6.45) is 1.97. The third-order valence-corrected chi connectivity index (χ3v) is 7.27. The standard InChI is InChI=1S/C28H34N4O5/c1-17(33)30-25(21-8-5-9-21)28(37)32-16-22(34)15-24(32)27(36)31-23(26(29)35)14-18-10-12-20(13-11-18)19-6-3-2-4-7-19/h2-4,6-7,10-13,21-25,34H,5,8-9,14-16H2,1H3,(H2,29,35)(H,30,33)(H,31,36)/t22-,23-,24+,25+/m1/s1. The maximum absolute atomic E-state index is 13.4. The minimum Gasteiger partial charge on any atom is -0.391 e. The summed E-state index contributed by atoms with van der Waals surface area (Å²) in [6.45, 7) is 1.34. The molecule has 37 heavy (non-hydrogen) atoms. The van der Waals surface area contributed by atoms with Gasteiger partial charge in [-0.2, -0.15) is 0 Å². The van der Waals surface area contributed by atoms with E-state index in [4.69, 9.17) is 5.73 Å². The summed E-state index contributed by atoms with van der Waals surface area (Å²) in [5.74, 6) is -1.94. The Morgan fingerprint density at radius 3 is 2.22 bits per heavy atom. The largest absolute Gasteiger partial charge is 0.391 e. The Morgan fingerprint density at radius 1 is 1.00 bits per heavy atom. The molecular weight excluding hydrogens is 472 g/mol. The number of benzene rings is 2. The number of β-amino-alcohol motifs (C(OH)–C–C–N with tert-alkyl or cyclic N) is 1. The van der Waals surface area contributed by atoms with Crippen molar-refractivity contribution in [2.24, 2.45) is 11.7 Å². The number of likely N-dealkylation sites (tertiary alicyclic amines) is 1. The number of carbonyl (C=O) groups excluding carboxylic acids is 4. The van der Waals surface area contributed by atoms with Crippen LogP contribution in [0.2, 0.25) is 0 Å². The Morgan fingerprint density at radius 2 is 1.65 bits per heavy atom. The first-order valence-electron chi connectivity index (χ1n) is 12.7. The summed E-state index contributed by atoms with van der Waals surface area (Å²) in [7, 11) is 0. The molecule has 0 bridgehead atoms. The number of aliphatic hydroxyl groups is 1. The van der Waals surface area contributed by atoms with Gasteiger partial charge in [-0.05, 0) is 35.4 Å². The van der Waals surface area contributed by atoms with Crippen molar-refractivity contribution < 1.29 is 24.3 Å². The van der Waals surface area contributed by atoms with Crippen LogP contribution in [-0.4, -0.2) is 64.4 Å². The summed E-state index contributed by atoms with van der Waals surface area (Å²) >= 11 is 0. The fourth-order valence-corrected chi connectivity index (χ4v) is 5.05. The van der Waals surface area contributed by atoms with Crippen LogP contribution in [0.15, 0.2) is 54.6 Å². The number of nitrogens with two attached hydrogens (primary N) is 1. The molecule has 1 aliphatic heterocycles. The number of rotatable bonds is 9. The van der Waals surface area contributed by atoms with Gasteiger partial charge in [-0.3, -0.25) is 19.2 Å². The van der Waals surface area contributed by atoms with E-state index in [9.17, 15) is 24.3 Å². The summed E-state index contributed by atoms with van der Waals surface area (Å²) in [6, 6.07) is 14.9. The molecule has 0 aromatic heterocycles. The van der Waals surface area contributed by atoms with E-state index in [2.05, 4.69) is 10.6 Å². The van der Waals surface area contributed by atoms with E-state index >= 15 is 0 Å². The van der Waals surface area contributed by atoms with Crippen molar-refractivity contribution in [3.63, 3.8) is 0 Å². The summed E-state index contributed by atoms with van der Waals surface area (Å²) in [5.41, 5.74) is 8.52. The van der Waals surface area contributed by atoms with Gasteiger partial charge in [0.15, 0.2) is 0 Å². The van der Waals surface area contributed by atoms with Crippen molar-refractivity contribution in [2.45, 2.75) is 63.3 Å². The van der Waals surface area contributed by atoms with E-state index in [0.717, 1.165) is 36.0 Å². The highest BCUT2D eigenvalue weighted by atomic mass is 16.3. The van der Waals surface area contributed by atoms with Gasteiger partial charge in [0.1, 0.15) is 18.1 Å². The zero-order chi connectivity index (χ0) is 26.5. The Bertz CT molecular complexity index is 1130. The molecule has 0 radical (unpaired) electrons. The molecule has 4 rings (SSSR count). The van der Waals surface area contributed by atoms with Crippen LogP contribution in [0.3, 0.4) is 0 Å². The van der Waals surface area contributed by atoms with Gasteiger partial charge in [-0.15, -0.1) is 0 Å². The summed E-state index contributed by atoms with van der Waals surface area (Å²) in [5, 5.41) is 15.7. The molecular formula is C28H34N4O5. The highest BCUT2D eigenvalue weighted by molar-refractivity contribution is 5.94. The van der Waals surface area contributed by atoms with Crippen molar-refractivity contribution in [1.82, 2.24) is 15.5 Å². The highest BCUT2D eigenvalue weighted by Gasteiger charge is 2.44. The first kappa shape index (κ1) is 26.3. The van der Waals surface area contributed by atoms with Gasteiger partial charge in [0.05, 0.1) is 6.10 Å². The Balaban J connectivity index is 1.44. The van der Waals surface area contributed by atoms with Gasteiger partial charge in [-0.25, -0.2) is 0 Å². The minimum absolute atomic E-state index is 0.00933. The molecule has 9 nitrogen and oxygen atoms in total. The van der Waals surface area contributed by atoms with Crippen molar-refractivity contribution in [1.29, 1.82) is 0 Å². The number of aliphatic hydroxyl groups excluding tert-OH is 1. The molecule has 2 aromatic rings. The number of amides is 4. The van der Waals surface area contributed by atoms with E-state index in [1.54, 1.807) is 0 Å². The average molecular weight is 507 g/mol. The van der Waals surface area contributed by atoms with E-state index < -0.39 is 36.0 Å². The van der Waals surface area contributed by atoms with Crippen LogP contribution in [0.25, 0.3) is 11.1 Å². The molecule has 1 saturated heterocycles. The maximum Gasteiger partial charge on any atom is 0.246 e. The molecule has 196 valence electrons. The Hall–Kier alpha value is -3.72. The lowest BCUT2D eigenvalue weighted by Gasteiger charge is -2.36. The van der Waals surface area contributed by atoms with Crippen LogP contribution < -0.4 is 16.4 Å². The number of hydrogen-bond donors (Lipinski definition) is 4. The predicted molar refractivity (Wildman–Crippen MR) is 138 cm³/mol. The van der Waals surface area contributed by atoms with Crippen LogP contribution in [0, 0.1) is 5.92 Å². The van der Waals surface area contributed by atoms with Gasteiger partial charge < -0.3 is 26.4 Å². The molecule has 0 spiro atoms. The second-order valence-corrected chi connectivity index (χ2v) is 10.00. The maximum atomic E-state index is 13.4. The first-order valence-corrected chi connectivity index (χ1v) is 12.7. The van der Waals surface area contributed by atoms with Crippen LogP contribution in [0.5, 0.6) is 0 Å². The molecule has 4 atom stereocenters. The number of carbonyl (C=O) groups is 4. The smallest absolute Gasteiger partial charge is 0.246 e. The fourth-order valence-electron chi connectivity index (χ4n) is 5.05. The van der Waals surface area contributed by atoms with Crippen LogP contribution in [0.1, 0.15) is 38.2 Å². The molecule has 1 saturated carbocycles. The van der Waals surface area contributed by atoms with Gasteiger partial charge in [-0.1, -0.05) is 61.0 Å². The molecule has 2 fully saturated rings. The first-order chi connectivity index (χ1) is 17.7. The molecule has 2 aromatic carbocycles. The second kappa shape index (κ2) is 11.6. The molecule has 5 N–H and O–H groups in total. The second-order valence-electron chi connectivity index (χ2n) is 10.00. The normalized spacial score (nSPS) is 21.0. The molecule has 1 heterocycles. The Labute approximate surface area is 216 Å². The zero-order valence-corrected chi connectivity index (χ0v) is 20.9. The van der Waals surface area contributed by atoms with E-state index in [-0.39, 0.29) is 37.1 Å². The van der Waals surface area contributed by atoms with Crippen molar-refractivity contribution in [2.75, 3.05) is 6.54 Å². The summed E-state index contributed by atoms with van der Waals surface area (Å²) in [4.78, 5) is 51.9. The minimum atomic E-state index is -0.984. The van der Waals surface area contributed by atoms with Gasteiger partial charge in [0.2, 0.25) is 23.6 Å². The highest BCUT2D eigenvalue weighted by Crippen LogP contribution is 2.32. The lowest BCUT2D eigenvalue weighted by molar-refractivity contribution is -0.143. The monoisotopic (exact) mass is 506 g/mol. The summed E-state index contributed by atoms with van der Waals surface area (Å²) < 4.78 is 0. The van der Waals surface area contributed by atoms with Crippen molar-refractivity contribution in [3.05, 3.63) is 60.2 Å². The van der Waals surface area contributed by atoms with Gasteiger partial charge in [0.25, 0.3) is 0 Å². The number of nitrogens with one attached hydrogen (secondary N) is 2. The number of nitrogens with zero attached hydrogens (tertiary/aromatic N) is 1. The van der Waals surface area contributed by atoms with Crippen LogP contribution in [0.4, 0.5) is 0 Å². The Kier molecular flexibility index (Phi) is 8.23. The zero-order valence-electron chi connectivity index (χ0n) is 20.9. The molecule has 2 aliphatic rings. The van der Waals surface area contributed by atoms with Gasteiger partial charge >= 0.3 is 0 Å². The van der Waals surface area contributed by atoms with Crippen LogP contribution in [-0.2, 0) is 25.6 Å². The van der Waals surface area contributed by atoms with E-state index in [0.29, 0.717) is 0 Å². The van der Waals surface area contributed by atoms with Gasteiger partial charge in [0, 0.05) is 26.3 Å². The third kappa shape index (κ3) is 6.35. The van der Waals surface area contributed by atoms with Crippen molar-refractivity contribution >= 4 is 23.6 Å². The van der Waals surface area contributed by atoms with E-state index in [1.807, 2.05) is 54.6 Å². The van der Waals surface area contributed by atoms with E-state index in [1.165, 1.54) is 11.8 Å². The molecule has 9 heteroatoms. The number of primary amides is 1. The molecule has 4 amide bonds. The van der Waals surface area contributed by atoms with Crippen LogP contribution >= 0.6 is 0 Å². The lowest BCUT2D eigenvalue weighted by atomic mass is 9.79. The average Bonchev–Trinajstić information content (AvgIpc) is 3.24. The fraction of sp³-hybridized carbons (Fsp3) is 0.429. The molecule has 0 unspecified atom stereocenters. The SMILES string of the molecule is CC(=O)N[C@H](C(=O)N1C[C@H](O)C[C@H]1C(=O)N[C@H](Cc1ccc(-c2ccccc2)cc1)C(N)=O)C1CCC1. The quantitative estimate of drug-likeness (QED) is 0.403. The lowest BCUT2D eigenvalue weighted by Crippen LogP contribution is -2.58. The topological polar surface area (TPSA) is 142 Å². The van der Waals surface area contributed by atoms with Crippen molar-refractivity contribution in [3.8, 4) is 11.1 Å².